The van der Waals surface area contributed by atoms with Crippen LogP contribution in [0.15, 0.2) is 45.6 Å². The average Bonchev–Trinajstić information content (AvgIpc) is 3.25. The van der Waals surface area contributed by atoms with Crippen LogP contribution in [0.3, 0.4) is 0 Å². The van der Waals surface area contributed by atoms with E-state index < -0.39 is 0 Å². The molecule has 0 radical (unpaired) electrons. The monoisotopic (exact) mass is 341 g/mol. The molecule has 0 aliphatic heterocycles. The van der Waals surface area contributed by atoms with Crippen LogP contribution in [-0.2, 0) is 17.8 Å². The van der Waals surface area contributed by atoms with Crippen molar-refractivity contribution in [2.24, 2.45) is 0 Å². The molecule has 1 aromatic carbocycles. The Hall–Kier alpha value is -2.47. The van der Waals surface area contributed by atoms with Crippen molar-refractivity contribution in [2.75, 3.05) is 7.05 Å². The molecule has 0 fully saturated rings. The summed E-state index contributed by atoms with van der Waals surface area (Å²) in [6.07, 6.45) is 0.807. The number of hydrogen-bond acceptors (Lipinski definition) is 5. The minimum Gasteiger partial charge on any atom is -0.341 e. The summed E-state index contributed by atoms with van der Waals surface area (Å²) in [4.78, 5) is 18.3. The molecule has 0 saturated carbocycles. The highest BCUT2D eigenvalue weighted by molar-refractivity contribution is 7.07. The van der Waals surface area contributed by atoms with Crippen LogP contribution in [0.25, 0.3) is 11.4 Å². The van der Waals surface area contributed by atoms with Gasteiger partial charge in [-0.05, 0) is 29.3 Å². The van der Waals surface area contributed by atoms with E-state index in [2.05, 4.69) is 15.5 Å². The molecule has 2 heterocycles. The highest BCUT2D eigenvalue weighted by Gasteiger charge is 2.13. The standard InChI is InChI=1S/C18H19N3O2S/c1-13-3-5-15(6-4-13)18-19-16(23-20-18)7-8-17(22)21(2)11-14-9-10-24-12-14/h3-6,9-10,12H,7-8,11H2,1-2H3. The fraction of sp³-hybridized carbons (Fsp3) is 0.278. The second kappa shape index (κ2) is 7.40. The fourth-order valence-electron chi connectivity index (χ4n) is 2.33. The molecule has 0 saturated heterocycles. The van der Waals surface area contributed by atoms with Crippen molar-refractivity contribution in [3.63, 3.8) is 0 Å². The molecular weight excluding hydrogens is 322 g/mol. The maximum atomic E-state index is 12.2. The maximum absolute atomic E-state index is 12.2. The maximum Gasteiger partial charge on any atom is 0.227 e. The Morgan fingerprint density at radius 3 is 2.75 bits per heavy atom. The van der Waals surface area contributed by atoms with Gasteiger partial charge in [0.15, 0.2) is 0 Å². The van der Waals surface area contributed by atoms with Crippen molar-refractivity contribution in [1.82, 2.24) is 15.0 Å². The van der Waals surface area contributed by atoms with Gasteiger partial charge in [0.05, 0.1) is 0 Å². The van der Waals surface area contributed by atoms with Crippen molar-refractivity contribution < 1.29 is 9.32 Å². The summed E-state index contributed by atoms with van der Waals surface area (Å²) in [7, 11) is 1.81. The van der Waals surface area contributed by atoms with E-state index in [9.17, 15) is 4.79 Å². The van der Waals surface area contributed by atoms with E-state index in [0.29, 0.717) is 31.1 Å². The molecule has 24 heavy (non-hydrogen) atoms. The molecule has 5 nitrogen and oxygen atoms in total. The van der Waals surface area contributed by atoms with Crippen LogP contribution in [0.5, 0.6) is 0 Å². The minimum absolute atomic E-state index is 0.0660. The van der Waals surface area contributed by atoms with Gasteiger partial charge in [0.2, 0.25) is 17.6 Å². The lowest BCUT2D eigenvalue weighted by molar-refractivity contribution is -0.130. The van der Waals surface area contributed by atoms with E-state index in [1.165, 1.54) is 5.56 Å². The van der Waals surface area contributed by atoms with Gasteiger partial charge in [0.25, 0.3) is 0 Å². The Balaban J connectivity index is 1.55. The predicted octanol–water partition coefficient (Wildman–Crippen LogP) is 3.70. The highest BCUT2D eigenvalue weighted by atomic mass is 32.1. The number of hydrogen-bond donors (Lipinski definition) is 0. The molecule has 6 heteroatoms. The number of carbonyl (C=O) groups excluding carboxylic acids is 1. The van der Waals surface area contributed by atoms with Gasteiger partial charge >= 0.3 is 0 Å². The highest BCUT2D eigenvalue weighted by Crippen LogP contribution is 2.17. The third-order valence-corrected chi connectivity index (χ3v) is 4.49. The van der Waals surface area contributed by atoms with Crippen LogP contribution in [0.1, 0.15) is 23.4 Å². The first kappa shape index (κ1) is 16.4. The van der Waals surface area contributed by atoms with Crippen LogP contribution in [0.2, 0.25) is 0 Å². The summed E-state index contributed by atoms with van der Waals surface area (Å²) in [5, 5.41) is 8.05. The van der Waals surface area contributed by atoms with E-state index in [0.717, 1.165) is 11.1 Å². The minimum atomic E-state index is 0.0660. The Kier molecular flexibility index (Phi) is 5.05. The van der Waals surface area contributed by atoms with Crippen LogP contribution < -0.4 is 0 Å². The molecular formula is C18H19N3O2S. The zero-order chi connectivity index (χ0) is 16.9. The second-order valence-corrected chi connectivity index (χ2v) is 6.54. The van der Waals surface area contributed by atoms with Gasteiger partial charge in [-0.15, -0.1) is 0 Å². The van der Waals surface area contributed by atoms with E-state index in [1.807, 2.05) is 49.7 Å². The first-order valence-corrected chi connectivity index (χ1v) is 8.71. The fourth-order valence-corrected chi connectivity index (χ4v) is 2.99. The first-order chi connectivity index (χ1) is 11.6. The lowest BCUT2D eigenvalue weighted by Gasteiger charge is -2.15. The van der Waals surface area contributed by atoms with Crippen LogP contribution >= 0.6 is 11.3 Å². The van der Waals surface area contributed by atoms with Gasteiger partial charge in [0.1, 0.15) is 0 Å². The Bertz CT molecular complexity index is 794. The summed E-state index contributed by atoms with van der Waals surface area (Å²) >= 11 is 1.63. The van der Waals surface area contributed by atoms with E-state index in [-0.39, 0.29) is 5.91 Å². The number of rotatable bonds is 6. The summed E-state index contributed by atoms with van der Waals surface area (Å²) in [5.41, 5.74) is 3.24. The SMILES string of the molecule is Cc1ccc(-c2noc(CCC(=O)N(C)Cc3ccsc3)n2)cc1. The normalized spacial score (nSPS) is 10.8. The first-order valence-electron chi connectivity index (χ1n) is 7.76. The van der Waals surface area contributed by atoms with Crippen molar-refractivity contribution in [3.05, 3.63) is 58.1 Å². The summed E-state index contributed by atoms with van der Waals surface area (Å²) in [6, 6.07) is 9.97. The quantitative estimate of drug-likeness (QED) is 0.686. The second-order valence-electron chi connectivity index (χ2n) is 5.76. The van der Waals surface area contributed by atoms with E-state index in [1.54, 1.807) is 16.2 Å². The van der Waals surface area contributed by atoms with Gasteiger partial charge in [-0.1, -0.05) is 35.0 Å². The van der Waals surface area contributed by atoms with Gasteiger partial charge in [-0.3, -0.25) is 4.79 Å². The number of thiophene rings is 1. The molecule has 0 atom stereocenters. The largest absolute Gasteiger partial charge is 0.341 e. The molecule has 124 valence electrons. The third-order valence-electron chi connectivity index (χ3n) is 3.76. The molecule has 3 rings (SSSR count). The molecule has 2 aromatic heterocycles. The lowest BCUT2D eigenvalue weighted by Crippen LogP contribution is -2.26. The molecule has 3 aromatic rings. The molecule has 1 amide bonds. The van der Waals surface area contributed by atoms with Crippen molar-refractivity contribution in [1.29, 1.82) is 0 Å². The van der Waals surface area contributed by atoms with Gasteiger partial charge in [0, 0.05) is 32.0 Å². The van der Waals surface area contributed by atoms with Crippen molar-refractivity contribution >= 4 is 17.2 Å². The number of benzene rings is 1. The molecule has 0 N–H and O–H groups in total. The average molecular weight is 341 g/mol. The van der Waals surface area contributed by atoms with E-state index >= 15 is 0 Å². The lowest BCUT2D eigenvalue weighted by atomic mass is 10.1. The molecule has 0 aliphatic carbocycles. The Labute approximate surface area is 144 Å². The number of aromatic nitrogens is 2. The summed E-state index contributed by atoms with van der Waals surface area (Å²) in [6.45, 7) is 2.66. The number of aryl methyl sites for hydroxylation is 2. The molecule has 0 aliphatic rings. The number of nitrogens with zero attached hydrogens (tertiary/aromatic N) is 3. The smallest absolute Gasteiger partial charge is 0.227 e. The number of amides is 1. The van der Waals surface area contributed by atoms with Gasteiger partial charge in [-0.2, -0.15) is 16.3 Å². The van der Waals surface area contributed by atoms with Gasteiger partial charge < -0.3 is 9.42 Å². The molecule has 0 bridgehead atoms. The van der Waals surface area contributed by atoms with Crippen molar-refractivity contribution in [3.8, 4) is 11.4 Å². The molecule has 0 unspecified atom stereocenters. The Morgan fingerprint density at radius 1 is 1.25 bits per heavy atom. The number of carbonyl (C=O) groups is 1. The van der Waals surface area contributed by atoms with Gasteiger partial charge in [-0.25, -0.2) is 0 Å². The topological polar surface area (TPSA) is 59.2 Å². The molecule has 0 spiro atoms. The zero-order valence-electron chi connectivity index (χ0n) is 13.7. The third kappa shape index (κ3) is 4.08. The van der Waals surface area contributed by atoms with Crippen molar-refractivity contribution in [2.45, 2.75) is 26.3 Å². The summed E-state index contributed by atoms with van der Waals surface area (Å²) in [5.74, 6) is 1.11. The van der Waals surface area contributed by atoms with Crippen LogP contribution in [-0.4, -0.2) is 28.0 Å². The van der Waals surface area contributed by atoms with Crippen LogP contribution in [0.4, 0.5) is 0 Å². The Morgan fingerprint density at radius 2 is 2.04 bits per heavy atom. The predicted molar refractivity (Wildman–Crippen MR) is 93.6 cm³/mol. The van der Waals surface area contributed by atoms with E-state index in [4.69, 9.17) is 4.52 Å². The van der Waals surface area contributed by atoms with Crippen LogP contribution in [0, 0.1) is 6.92 Å². The zero-order valence-corrected chi connectivity index (χ0v) is 14.5. The summed E-state index contributed by atoms with van der Waals surface area (Å²) < 4.78 is 5.26.